The van der Waals surface area contributed by atoms with E-state index in [1.165, 1.54) is 6.92 Å². The number of fused-ring (bicyclic) bond motifs is 1. The zero-order valence-corrected chi connectivity index (χ0v) is 19.8. The van der Waals surface area contributed by atoms with Crippen LogP contribution in [0.25, 0.3) is 0 Å². The lowest BCUT2D eigenvalue weighted by molar-refractivity contribution is -0.146. The predicted octanol–water partition coefficient (Wildman–Crippen LogP) is 5.54. The van der Waals surface area contributed by atoms with Gasteiger partial charge < -0.3 is 4.74 Å². The van der Waals surface area contributed by atoms with Crippen LogP contribution in [0.5, 0.6) is 0 Å². The van der Waals surface area contributed by atoms with E-state index in [2.05, 4.69) is 40.0 Å². The van der Waals surface area contributed by atoms with Gasteiger partial charge in [0.2, 0.25) is 0 Å². The summed E-state index contributed by atoms with van der Waals surface area (Å²) in [6.07, 6.45) is 6.59. The SMILES string of the molecule is C=C(C1=CC2C(C)(C)CCCC2(C)C(C(=C)C)C1=O)C1CC(=O)C(C)=CC1OC(C)=O. The zero-order chi connectivity index (χ0) is 23.3. The summed E-state index contributed by atoms with van der Waals surface area (Å²) in [6.45, 7) is 20.3. The summed E-state index contributed by atoms with van der Waals surface area (Å²) < 4.78 is 5.53. The fourth-order valence-electron chi connectivity index (χ4n) is 6.39. The van der Waals surface area contributed by atoms with Crippen LogP contribution < -0.4 is 0 Å². The summed E-state index contributed by atoms with van der Waals surface area (Å²) in [5.41, 5.74) is 2.51. The smallest absolute Gasteiger partial charge is 0.303 e. The molecule has 0 aromatic heterocycles. The summed E-state index contributed by atoms with van der Waals surface area (Å²) in [7, 11) is 0. The molecule has 31 heavy (non-hydrogen) atoms. The van der Waals surface area contributed by atoms with Gasteiger partial charge in [0, 0.05) is 30.8 Å². The van der Waals surface area contributed by atoms with Crippen LogP contribution in [0.15, 0.2) is 47.6 Å². The molecule has 1 saturated carbocycles. The highest BCUT2D eigenvalue weighted by Gasteiger charge is 2.55. The number of esters is 1. The number of carbonyl (C=O) groups is 3. The highest BCUT2D eigenvalue weighted by atomic mass is 16.5. The largest absolute Gasteiger partial charge is 0.458 e. The Morgan fingerprint density at radius 2 is 1.74 bits per heavy atom. The molecule has 3 rings (SSSR count). The number of ether oxygens (including phenoxy) is 1. The van der Waals surface area contributed by atoms with Crippen molar-refractivity contribution < 1.29 is 19.1 Å². The molecule has 3 aliphatic carbocycles. The van der Waals surface area contributed by atoms with Crippen LogP contribution in [0.3, 0.4) is 0 Å². The third-order valence-electron chi connectivity index (χ3n) is 7.85. The number of carbonyl (C=O) groups excluding carboxylic acids is 3. The van der Waals surface area contributed by atoms with Crippen molar-refractivity contribution in [3.63, 3.8) is 0 Å². The molecule has 0 N–H and O–H groups in total. The van der Waals surface area contributed by atoms with Crippen molar-refractivity contribution in [2.45, 2.75) is 73.3 Å². The minimum Gasteiger partial charge on any atom is -0.458 e. The van der Waals surface area contributed by atoms with E-state index in [1.54, 1.807) is 13.0 Å². The van der Waals surface area contributed by atoms with Crippen LogP contribution in [0.4, 0.5) is 0 Å². The second-order valence-electron chi connectivity index (χ2n) is 10.7. The minimum absolute atomic E-state index is 0.00213. The first-order chi connectivity index (χ1) is 14.3. The highest BCUT2D eigenvalue weighted by Crippen LogP contribution is 2.60. The fourth-order valence-corrected chi connectivity index (χ4v) is 6.39. The van der Waals surface area contributed by atoms with Gasteiger partial charge in [0.25, 0.3) is 0 Å². The number of hydrogen-bond acceptors (Lipinski definition) is 4. The van der Waals surface area contributed by atoms with Crippen molar-refractivity contribution in [3.8, 4) is 0 Å². The van der Waals surface area contributed by atoms with Gasteiger partial charge in [-0.15, -0.1) is 0 Å². The van der Waals surface area contributed by atoms with E-state index in [1.807, 2.05) is 6.92 Å². The quantitative estimate of drug-likeness (QED) is 0.439. The van der Waals surface area contributed by atoms with E-state index < -0.39 is 18.0 Å². The lowest BCUT2D eigenvalue weighted by atomic mass is 9.48. The third-order valence-corrected chi connectivity index (χ3v) is 7.85. The van der Waals surface area contributed by atoms with E-state index in [0.717, 1.165) is 24.8 Å². The Morgan fingerprint density at radius 3 is 2.32 bits per heavy atom. The molecule has 4 heteroatoms. The van der Waals surface area contributed by atoms with Gasteiger partial charge in [-0.1, -0.05) is 52.0 Å². The highest BCUT2D eigenvalue weighted by molar-refractivity contribution is 6.05. The Bertz CT molecular complexity index is 916. The normalized spacial score (nSPS) is 34.9. The van der Waals surface area contributed by atoms with Crippen LogP contribution >= 0.6 is 0 Å². The van der Waals surface area contributed by atoms with Gasteiger partial charge in [-0.25, -0.2) is 0 Å². The van der Waals surface area contributed by atoms with Crippen LogP contribution in [-0.4, -0.2) is 23.6 Å². The summed E-state index contributed by atoms with van der Waals surface area (Å²) >= 11 is 0. The summed E-state index contributed by atoms with van der Waals surface area (Å²) in [5, 5.41) is 0. The number of Topliss-reactive ketones (excluding diaryl/α,β-unsaturated/α-hetero) is 2. The molecule has 0 bridgehead atoms. The average Bonchev–Trinajstić information content (AvgIpc) is 2.62. The van der Waals surface area contributed by atoms with Crippen molar-refractivity contribution in [3.05, 3.63) is 47.6 Å². The predicted molar refractivity (Wildman–Crippen MR) is 122 cm³/mol. The third kappa shape index (κ3) is 4.02. The van der Waals surface area contributed by atoms with Crippen LogP contribution in [0.2, 0.25) is 0 Å². The van der Waals surface area contributed by atoms with Gasteiger partial charge in [0.15, 0.2) is 11.6 Å². The molecule has 0 aliphatic heterocycles. The number of ketones is 2. The first-order valence-electron chi connectivity index (χ1n) is 11.3. The molecule has 0 spiro atoms. The number of hydrogen-bond donors (Lipinski definition) is 0. The van der Waals surface area contributed by atoms with E-state index >= 15 is 0 Å². The molecule has 1 fully saturated rings. The molecule has 0 amide bonds. The van der Waals surface area contributed by atoms with Crippen molar-refractivity contribution in [1.82, 2.24) is 0 Å². The van der Waals surface area contributed by atoms with Crippen LogP contribution in [0.1, 0.15) is 67.2 Å². The summed E-state index contributed by atoms with van der Waals surface area (Å²) in [4.78, 5) is 38.0. The number of rotatable bonds is 4. The van der Waals surface area contributed by atoms with E-state index in [-0.39, 0.29) is 40.7 Å². The van der Waals surface area contributed by atoms with Crippen LogP contribution in [0, 0.1) is 28.6 Å². The zero-order valence-electron chi connectivity index (χ0n) is 19.8. The molecule has 0 saturated heterocycles. The Hall–Kier alpha value is -2.23. The maximum Gasteiger partial charge on any atom is 0.303 e. The van der Waals surface area contributed by atoms with Crippen molar-refractivity contribution in [2.75, 3.05) is 0 Å². The summed E-state index contributed by atoms with van der Waals surface area (Å²) in [5.74, 6) is -0.892. The molecule has 0 aromatic rings. The molecule has 5 unspecified atom stereocenters. The fraction of sp³-hybridized carbons (Fsp3) is 0.593. The van der Waals surface area contributed by atoms with Gasteiger partial charge in [-0.2, -0.15) is 0 Å². The van der Waals surface area contributed by atoms with Gasteiger partial charge in [-0.3, -0.25) is 14.4 Å². The molecule has 0 radical (unpaired) electrons. The molecule has 4 nitrogen and oxygen atoms in total. The Balaban J connectivity index is 2.08. The molecule has 5 atom stereocenters. The minimum atomic E-state index is -0.590. The first-order valence-corrected chi connectivity index (χ1v) is 11.3. The van der Waals surface area contributed by atoms with E-state index in [9.17, 15) is 14.4 Å². The maximum atomic E-state index is 13.8. The first kappa shape index (κ1) is 23.4. The molecular weight excluding hydrogens is 388 g/mol. The Labute approximate surface area is 186 Å². The molecule has 0 heterocycles. The lowest BCUT2D eigenvalue weighted by Crippen LogP contribution is -2.51. The van der Waals surface area contributed by atoms with Crippen molar-refractivity contribution in [1.29, 1.82) is 0 Å². The molecule has 0 aromatic carbocycles. The summed E-state index contributed by atoms with van der Waals surface area (Å²) in [6, 6.07) is 0. The Kier molecular flexibility index (Phi) is 6.07. The van der Waals surface area contributed by atoms with Gasteiger partial charge in [0.1, 0.15) is 6.10 Å². The molecule has 3 aliphatic rings. The topological polar surface area (TPSA) is 60.4 Å². The van der Waals surface area contributed by atoms with E-state index in [4.69, 9.17) is 4.74 Å². The van der Waals surface area contributed by atoms with Crippen molar-refractivity contribution >= 4 is 17.5 Å². The van der Waals surface area contributed by atoms with Crippen molar-refractivity contribution in [2.24, 2.45) is 28.6 Å². The second-order valence-corrected chi connectivity index (χ2v) is 10.7. The maximum absolute atomic E-state index is 13.8. The standard InChI is InChI=1S/C27H36O4/c1-15(2)24-25(30)20(14-23-26(6,7)10-9-11-27(23,24)8)17(4)19-13-21(29)16(3)12-22(19)31-18(5)28/h12,14,19,22-24H,1,4,9-11,13H2,2-3,5-8H3. The Morgan fingerprint density at radius 1 is 1.10 bits per heavy atom. The second kappa shape index (κ2) is 8.03. The lowest BCUT2D eigenvalue weighted by Gasteiger charge is -2.55. The molecular formula is C27H36O4. The van der Waals surface area contributed by atoms with Gasteiger partial charge in [-0.05, 0) is 60.7 Å². The average molecular weight is 425 g/mol. The number of allylic oxidation sites excluding steroid dienone is 4. The monoisotopic (exact) mass is 424 g/mol. The van der Waals surface area contributed by atoms with Crippen LogP contribution in [-0.2, 0) is 19.1 Å². The van der Waals surface area contributed by atoms with Gasteiger partial charge in [0.05, 0.1) is 0 Å². The van der Waals surface area contributed by atoms with Gasteiger partial charge >= 0.3 is 5.97 Å². The van der Waals surface area contributed by atoms with E-state index in [0.29, 0.717) is 16.7 Å². The molecule has 168 valence electrons.